The molecule has 0 aromatic heterocycles. The van der Waals surface area contributed by atoms with Crippen LogP contribution in [0.1, 0.15) is 19.3 Å². The van der Waals surface area contributed by atoms with E-state index in [0.29, 0.717) is 13.2 Å². The van der Waals surface area contributed by atoms with Crippen molar-refractivity contribution in [2.45, 2.75) is 24.8 Å². The molecule has 0 aliphatic carbocycles. The Balaban J connectivity index is 0.000000980. The third kappa shape index (κ3) is 1.87. The van der Waals surface area contributed by atoms with E-state index in [1.807, 2.05) is 0 Å². The number of rotatable bonds is 1. The lowest BCUT2D eigenvalue weighted by Crippen LogP contribution is -2.51. The molecule has 2 saturated heterocycles. The van der Waals surface area contributed by atoms with Crippen LogP contribution in [0, 0.1) is 5.92 Å². The second kappa shape index (κ2) is 4.47. The standard InChI is InChI=1S/C9H15NO3.ClH/c11-8(12)7-1-4-10-9(7)2-5-13-6-3-9;/h7,10H,1-6H2,(H,11,12);1H. The molecular weight excluding hydrogens is 206 g/mol. The minimum atomic E-state index is -0.660. The molecule has 82 valence electrons. The predicted octanol–water partition coefficient (Wildman–Crippen LogP) is 0.651. The number of carboxylic acids is 1. The summed E-state index contributed by atoms with van der Waals surface area (Å²) in [5.41, 5.74) is -0.163. The lowest BCUT2D eigenvalue weighted by atomic mass is 9.79. The Kier molecular flexibility index (Phi) is 3.75. The van der Waals surface area contributed by atoms with Crippen molar-refractivity contribution >= 4 is 18.4 Å². The zero-order chi connectivity index (χ0) is 9.31. The van der Waals surface area contributed by atoms with E-state index in [1.54, 1.807) is 0 Å². The summed E-state index contributed by atoms with van der Waals surface area (Å²) < 4.78 is 5.25. The summed E-state index contributed by atoms with van der Waals surface area (Å²) in [6.45, 7) is 2.21. The molecule has 1 spiro atoms. The monoisotopic (exact) mass is 221 g/mol. The molecule has 0 aromatic rings. The minimum Gasteiger partial charge on any atom is -0.481 e. The first-order valence-electron chi connectivity index (χ1n) is 4.80. The second-order valence-electron chi connectivity index (χ2n) is 3.87. The van der Waals surface area contributed by atoms with Crippen LogP contribution in [0.5, 0.6) is 0 Å². The molecule has 0 saturated carbocycles. The fourth-order valence-electron chi connectivity index (χ4n) is 2.49. The highest BCUT2D eigenvalue weighted by Gasteiger charge is 2.47. The Morgan fingerprint density at radius 1 is 1.43 bits per heavy atom. The number of aliphatic carboxylic acids is 1. The number of carboxylic acid groups (broad SMARTS) is 1. The highest BCUT2D eigenvalue weighted by atomic mass is 35.5. The van der Waals surface area contributed by atoms with Crippen LogP contribution in [-0.2, 0) is 9.53 Å². The third-order valence-corrected chi connectivity index (χ3v) is 3.26. The average Bonchev–Trinajstić information content (AvgIpc) is 2.50. The molecule has 0 amide bonds. The van der Waals surface area contributed by atoms with Crippen LogP contribution < -0.4 is 5.32 Å². The maximum Gasteiger partial charge on any atom is 0.308 e. The number of carbonyl (C=O) groups is 1. The van der Waals surface area contributed by atoms with E-state index in [9.17, 15) is 4.79 Å². The van der Waals surface area contributed by atoms with Gasteiger partial charge < -0.3 is 15.2 Å². The van der Waals surface area contributed by atoms with Crippen molar-refractivity contribution in [1.29, 1.82) is 0 Å². The summed E-state index contributed by atoms with van der Waals surface area (Å²) >= 11 is 0. The highest BCUT2D eigenvalue weighted by molar-refractivity contribution is 5.85. The minimum absolute atomic E-state index is 0. The molecule has 14 heavy (non-hydrogen) atoms. The summed E-state index contributed by atoms with van der Waals surface area (Å²) in [5.74, 6) is -0.872. The summed E-state index contributed by atoms with van der Waals surface area (Å²) in [6, 6.07) is 0. The molecule has 0 radical (unpaired) electrons. The Hall–Kier alpha value is -0.320. The summed E-state index contributed by atoms with van der Waals surface area (Å²) in [5, 5.41) is 12.4. The van der Waals surface area contributed by atoms with Crippen LogP contribution in [0.25, 0.3) is 0 Å². The van der Waals surface area contributed by atoms with Gasteiger partial charge in [-0.15, -0.1) is 12.4 Å². The summed E-state index contributed by atoms with van der Waals surface area (Å²) in [7, 11) is 0. The van der Waals surface area contributed by atoms with Crippen LogP contribution >= 0.6 is 12.4 Å². The molecule has 2 aliphatic rings. The molecule has 0 aromatic carbocycles. The molecule has 2 heterocycles. The van der Waals surface area contributed by atoms with Crippen LogP contribution in [0.3, 0.4) is 0 Å². The van der Waals surface area contributed by atoms with E-state index in [1.165, 1.54) is 0 Å². The molecule has 2 aliphatic heterocycles. The van der Waals surface area contributed by atoms with Gasteiger partial charge in [0.2, 0.25) is 0 Å². The van der Waals surface area contributed by atoms with E-state index in [2.05, 4.69) is 5.32 Å². The average molecular weight is 222 g/mol. The van der Waals surface area contributed by atoms with E-state index in [4.69, 9.17) is 9.84 Å². The van der Waals surface area contributed by atoms with Gasteiger partial charge in [-0.1, -0.05) is 0 Å². The molecule has 4 nitrogen and oxygen atoms in total. The SMILES string of the molecule is Cl.O=C(O)C1CCNC12CCOCC2. The number of ether oxygens (including phenoxy) is 1. The second-order valence-corrected chi connectivity index (χ2v) is 3.87. The number of halogens is 1. The van der Waals surface area contributed by atoms with Crippen molar-refractivity contribution in [3.63, 3.8) is 0 Å². The highest BCUT2D eigenvalue weighted by Crippen LogP contribution is 2.35. The van der Waals surface area contributed by atoms with Crippen molar-refractivity contribution in [2.75, 3.05) is 19.8 Å². The predicted molar refractivity (Wildman–Crippen MR) is 53.8 cm³/mol. The Morgan fingerprint density at radius 3 is 2.64 bits per heavy atom. The van der Waals surface area contributed by atoms with Crippen LogP contribution in [0.15, 0.2) is 0 Å². The van der Waals surface area contributed by atoms with Gasteiger partial charge in [-0.25, -0.2) is 0 Å². The molecule has 1 atom stereocenters. The summed E-state index contributed by atoms with van der Waals surface area (Å²) in [4.78, 5) is 11.0. The number of nitrogens with one attached hydrogen (secondary N) is 1. The van der Waals surface area contributed by atoms with Gasteiger partial charge in [-0.05, 0) is 25.8 Å². The maximum absolute atomic E-state index is 11.0. The van der Waals surface area contributed by atoms with E-state index >= 15 is 0 Å². The van der Waals surface area contributed by atoms with Crippen molar-refractivity contribution in [3.05, 3.63) is 0 Å². The normalized spacial score (nSPS) is 29.9. The lowest BCUT2D eigenvalue weighted by molar-refractivity contribution is -0.145. The van der Waals surface area contributed by atoms with Crippen LogP contribution in [0.2, 0.25) is 0 Å². The zero-order valence-electron chi connectivity index (χ0n) is 7.99. The Morgan fingerprint density at radius 2 is 2.07 bits per heavy atom. The van der Waals surface area contributed by atoms with Crippen LogP contribution in [-0.4, -0.2) is 36.4 Å². The van der Waals surface area contributed by atoms with Gasteiger partial charge in [0.1, 0.15) is 0 Å². The Labute approximate surface area is 89.4 Å². The van der Waals surface area contributed by atoms with Gasteiger partial charge in [0.05, 0.1) is 5.92 Å². The smallest absolute Gasteiger partial charge is 0.308 e. The van der Waals surface area contributed by atoms with Crippen molar-refractivity contribution < 1.29 is 14.6 Å². The largest absolute Gasteiger partial charge is 0.481 e. The topological polar surface area (TPSA) is 58.6 Å². The number of hydrogen-bond donors (Lipinski definition) is 2. The molecule has 2 N–H and O–H groups in total. The zero-order valence-corrected chi connectivity index (χ0v) is 8.81. The lowest BCUT2D eigenvalue weighted by Gasteiger charge is -2.37. The fraction of sp³-hybridized carbons (Fsp3) is 0.889. The maximum atomic E-state index is 11.0. The fourth-order valence-corrected chi connectivity index (χ4v) is 2.49. The van der Waals surface area contributed by atoms with Crippen LogP contribution in [0.4, 0.5) is 0 Å². The summed E-state index contributed by atoms with van der Waals surface area (Å²) in [6.07, 6.45) is 2.43. The molecule has 2 fully saturated rings. The molecule has 0 bridgehead atoms. The van der Waals surface area contributed by atoms with Gasteiger partial charge in [-0.3, -0.25) is 4.79 Å². The third-order valence-electron chi connectivity index (χ3n) is 3.26. The number of hydrogen-bond acceptors (Lipinski definition) is 3. The van der Waals surface area contributed by atoms with Gasteiger partial charge in [0.25, 0.3) is 0 Å². The van der Waals surface area contributed by atoms with Gasteiger partial charge in [0, 0.05) is 18.8 Å². The first kappa shape index (κ1) is 11.8. The van der Waals surface area contributed by atoms with E-state index in [-0.39, 0.29) is 23.9 Å². The van der Waals surface area contributed by atoms with Gasteiger partial charge >= 0.3 is 5.97 Å². The van der Waals surface area contributed by atoms with Gasteiger partial charge in [-0.2, -0.15) is 0 Å². The first-order valence-corrected chi connectivity index (χ1v) is 4.80. The van der Waals surface area contributed by atoms with Crippen molar-refractivity contribution in [2.24, 2.45) is 5.92 Å². The molecule has 5 heteroatoms. The Bertz CT molecular complexity index is 216. The quantitative estimate of drug-likeness (QED) is 0.683. The van der Waals surface area contributed by atoms with Crippen molar-refractivity contribution in [3.8, 4) is 0 Å². The molecule has 1 unspecified atom stereocenters. The van der Waals surface area contributed by atoms with E-state index in [0.717, 1.165) is 25.8 Å². The van der Waals surface area contributed by atoms with Gasteiger partial charge in [0.15, 0.2) is 0 Å². The molecular formula is C9H16ClNO3. The first-order chi connectivity index (χ1) is 6.25. The molecule has 2 rings (SSSR count). The van der Waals surface area contributed by atoms with E-state index < -0.39 is 5.97 Å². The van der Waals surface area contributed by atoms with Crippen molar-refractivity contribution in [1.82, 2.24) is 5.32 Å².